The fourth-order valence-electron chi connectivity index (χ4n) is 3.13. The third-order valence-electron chi connectivity index (χ3n) is 4.62. The molecular weight excluding hydrogens is 410 g/mol. The summed E-state index contributed by atoms with van der Waals surface area (Å²) in [4.78, 5) is 28.8. The van der Waals surface area contributed by atoms with Crippen LogP contribution in [0.5, 0.6) is 0 Å². The summed E-state index contributed by atoms with van der Waals surface area (Å²) >= 11 is 1.15. The van der Waals surface area contributed by atoms with E-state index in [9.17, 15) is 9.59 Å². The van der Waals surface area contributed by atoms with E-state index in [4.69, 9.17) is 5.73 Å². The average Bonchev–Trinajstić information content (AvgIpc) is 3.16. The maximum absolute atomic E-state index is 12.6. The number of fused-ring (bicyclic) bond motifs is 1. The van der Waals surface area contributed by atoms with Gasteiger partial charge in [-0.05, 0) is 54.1 Å². The van der Waals surface area contributed by atoms with Gasteiger partial charge < -0.3 is 21.7 Å². The molecule has 0 aliphatic rings. The molecule has 4 rings (SSSR count). The van der Waals surface area contributed by atoms with Gasteiger partial charge in [0.15, 0.2) is 10.8 Å². The van der Waals surface area contributed by atoms with Gasteiger partial charge in [0, 0.05) is 23.5 Å². The second kappa shape index (κ2) is 8.85. The molecule has 0 saturated heterocycles. The molecule has 0 fully saturated rings. The molecule has 0 atom stereocenters. The maximum atomic E-state index is 12.6. The van der Waals surface area contributed by atoms with Crippen molar-refractivity contribution in [2.75, 3.05) is 22.5 Å². The maximum Gasteiger partial charge on any atom is 0.270 e. The van der Waals surface area contributed by atoms with Crippen LogP contribution in [-0.4, -0.2) is 23.3 Å². The van der Waals surface area contributed by atoms with Crippen LogP contribution >= 0.6 is 11.3 Å². The van der Waals surface area contributed by atoms with Crippen molar-refractivity contribution >= 4 is 55.4 Å². The van der Waals surface area contributed by atoms with Gasteiger partial charge in [-0.3, -0.25) is 9.59 Å². The Hall–Kier alpha value is -3.91. The topological polar surface area (TPSA) is 109 Å². The molecule has 0 aliphatic carbocycles. The summed E-state index contributed by atoms with van der Waals surface area (Å²) in [7, 11) is 0. The van der Waals surface area contributed by atoms with Gasteiger partial charge in [-0.2, -0.15) is 0 Å². The highest BCUT2D eigenvalue weighted by Gasteiger charge is 2.19. The van der Waals surface area contributed by atoms with Crippen molar-refractivity contribution < 1.29 is 9.59 Å². The Morgan fingerprint density at radius 3 is 2.39 bits per heavy atom. The predicted molar refractivity (Wildman–Crippen MR) is 126 cm³/mol. The van der Waals surface area contributed by atoms with Crippen molar-refractivity contribution in [1.29, 1.82) is 0 Å². The fourth-order valence-corrected chi connectivity index (χ4v) is 4.02. The molecule has 2 amide bonds. The van der Waals surface area contributed by atoms with Crippen LogP contribution in [0.1, 0.15) is 27.8 Å². The Morgan fingerprint density at radius 1 is 0.968 bits per heavy atom. The molecule has 31 heavy (non-hydrogen) atoms. The number of amides is 2. The number of aromatic nitrogens is 1. The van der Waals surface area contributed by atoms with Gasteiger partial charge in [0.1, 0.15) is 5.00 Å². The van der Waals surface area contributed by atoms with E-state index in [2.05, 4.69) is 20.9 Å². The monoisotopic (exact) mass is 431 g/mol. The minimum Gasteiger partial charge on any atom is -0.385 e. The van der Waals surface area contributed by atoms with Crippen LogP contribution < -0.4 is 21.7 Å². The number of nitrogens with two attached hydrogens (primary N) is 1. The first-order chi connectivity index (χ1) is 15.0. The zero-order valence-corrected chi connectivity index (χ0v) is 17.6. The van der Waals surface area contributed by atoms with E-state index in [0.29, 0.717) is 15.7 Å². The first kappa shape index (κ1) is 20.4. The van der Waals surface area contributed by atoms with E-state index in [0.717, 1.165) is 40.0 Å². The molecule has 5 N–H and O–H groups in total. The highest BCUT2D eigenvalue weighted by molar-refractivity contribution is 7.20. The number of carbonyl (C=O) groups is 2. The van der Waals surface area contributed by atoms with Gasteiger partial charge in [-0.15, -0.1) is 0 Å². The second-order valence-electron chi connectivity index (χ2n) is 6.81. The van der Waals surface area contributed by atoms with Crippen molar-refractivity contribution in [3.05, 3.63) is 78.0 Å². The minimum atomic E-state index is -0.708. The van der Waals surface area contributed by atoms with E-state index < -0.39 is 5.91 Å². The molecule has 1 heterocycles. The summed E-state index contributed by atoms with van der Waals surface area (Å²) in [6.07, 6.45) is 0. The highest BCUT2D eigenvalue weighted by Crippen LogP contribution is 2.32. The first-order valence-corrected chi connectivity index (χ1v) is 10.6. The van der Waals surface area contributed by atoms with Gasteiger partial charge in [0.2, 0.25) is 0 Å². The molecule has 8 heteroatoms. The van der Waals surface area contributed by atoms with Gasteiger partial charge in [0.05, 0.1) is 0 Å². The number of nitrogens with one attached hydrogen (secondary N) is 3. The summed E-state index contributed by atoms with van der Waals surface area (Å²) in [6, 6.07) is 21.0. The number of rotatable bonds is 7. The van der Waals surface area contributed by atoms with Gasteiger partial charge >= 0.3 is 0 Å². The summed E-state index contributed by atoms with van der Waals surface area (Å²) in [5.74, 6) is -1.05. The number of hydrogen-bond donors (Lipinski definition) is 4. The molecule has 0 unspecified atom stereocenters. The first-order valence-electron chi connectivity index (χ1n) is 9.75. The summed E-state index contributed by atoms with van der Waals surface area (Å²) in [5, 5.41) is 12.1. The number of carbonyl (C=O) groups excluding carboxylic acids is 2. The molecule has 0 bridgehead atoms. The van der Waals surface area contributed by atoms with E-state index in [1.54, 1.807) is 12.1 Å². The number of hydrogen-bond acceptors (Lipinski definition) is 6. The lowest BCUT2D eigenvalue weighted by Gasteiger charge is -2.06. The van der Waals surface area contributed by atoms with E-state index in [-0.39, 0.29) is 11.6 Å². The van der Waals surface area contributed by atoms with Crippen LogP contribution in [-0.2, 0) is 0 Å². The average molecular weight is 432 g/mol. The predicted octanol–water partition coefficient (Wildman–Crippen LogP) is 4.82. The molecule has 7 nitrogen and oxygen atoms in total. The Kier molecular flexibility index (Phi) is 5.81. The SMILES string of the molecule is CCNc1ccc(C(=O)Nc2sc(Nc3ccc4ccccc4c3)nc2C(N)=O)cc1. The third kappa shape index (κ3) is 4.65. The van der Waals surface area contributed by atoms with Crippen LogP contribution in [0.3, 0.4) is 0 Å². The number of primary amides is 1. The van der Waals surface area contributed by atoms with Crippen molar-refractivity contribution in [3.63, 3.8) is 0 Å². The molecule has 0 saturated carbocycles. The smallest absolute Gasteiger partial charge is 0.270 e. The van der Waals surface area contributed by atoms with E-state index in [1.165, 1.54) is 0 Å². The van der Waals surface area contributed by atoms with Gasteiger partial charge in [-0.25, -0.2) is 4.98 Å². The number of anilines is 4. The van der Waals surface area contributed by atoms with E-state index in [1.807, 2.05) is 61.5 Å². The lowest BCUT2D eigenvalue weighted by atomic mass is 10.1. The molecule has 1 aromatic heterocycles. The second-order valence-corrected chi connectivity index (χ2v) is 7.81. The summed E-state index contributed by atoms with van der Waals surface area (Å²) in [5.41, 5.74) is 7.71. The third-order valence-corrected chi connectivity index (χ3v) is 5.50. The minimum absolute atomic E-state index is 0.0194. The van der Waals surface area contributed by atoms with Crippen molar-refractivity contribution in [2.45, 2.75) is 6.92 Å². The lowest BCUT2D eigenvalue weighted by molar-refractivity contribution is 0.0997. The normalized spacial score (nSPS) is 10.6. The number of nitrogens with zero attached hydrogens (tertiary/aromatic N) is 1. The zero-order valence-electron chi connectivity index (χ0n) is 16.8. The Balaban J connectivity index is 1.55. The molecule has 4 aromatic rings. The summed E-state index contributed by atoms with van der Waals surface area (Å²) in [6.45, 7) is 2.79. The van der Waals surface area contributed by atoms with Gasteiger partial charge in [-0.1, -0.05) is 41.7 Å². The zero-order chi connectivity index (χ0) is 21.8. The molecular formula is C23H21N5O2S. The highest BCUT2D eigenvalue weighted by atomic mass is 32.1. The molecule has 156 valence electrons. The molecule has 0 spiro atoms. The van der Waals surface area contributed by atoms with Gasteiger partial charge in [0.25, 0.3) is 11.8 Å². The van der Waals surface area contributed by atoms with Crippen molar-refractivity contribution in [3.8, 4) is 0 Å². The lowest BCUT2D eigenvalue weighted by Crippen LogP contribution is -2.17. The fraction of sp³-hybridized carbons (Fsp3) is 0.0870. The molecule has 0 radical (unpaired) electrons. The van der Waals surface area contributed by atoms with Crippen LogP contribution in [0.2, 0.25) is 0 Å². The van der Waals surface area contributed by atoms with Crippen molar-refractivity contribution in [2.24, 2.45) is 5.73 Å². The van der Waals surface area contributed by atoms with Crippen LogP contribution in [0, 0.1) is 0 Å². The van der Waals surface area contributed by atoms with Crippen LogP contribution in [0.25, 0.3) is 10.8 Å². The van der Waals surface area contributed by atoms with Crippen molar-refractivity contribution in [1.82, 2.24) is 4.98 Å². The molecule has 3 aromatic carbocycles. The molecule has 0 aliphatic heterocycles. The largest absolute Gasteiger partial charge is 0.385 e. The van der Waals surface area contributed by atoms with E-state index >= 15 is 0 Å². The Bertz CT molecular complexity index is 1250. The van der Waals surface area contributed by atoms with Crippen LogP contribution in [0.4, 0.5) is 21.5 Å². The Labute approximate surface area is 183 Å². The number of benzene rings is 3. The standard InChI is InChI=1S/C23H21N5O2S/c1-2-25-17-10-8-15(9-11-17)21(30)28-22-19(20(24)29)27-23(31-22)26-18-12-7-14-5-3-4-6-16(14)13-18/h3-13,25H,2H2,1H3,(H2,24,29)(H,26,27)(H,28,30). The number of thiazole rings is 1. The quantitative estimate of drug-likeness (QED) is 0.335. The van der Waals surface area contributed by atoms with Crippen LogP contribution in [0.15, 0.2) is 66.7 Å². The Morgan fingerprint density at radius 2 is 1.68 bits per heavy atom. The summed E-state index contributed by atoms with van der Waals surface area (Å²) < 4.78 is 0.